The Hall–Kier alpha value is -1.55. The number of nitrogens with one attached hydrogen (secondary N) is 1. The molecule has 1 unspecified atom stereocenters. The van der Waals surface area contributed by atoms with Gasteiger partial charge < -0.3 is 16.0 Å². The van der Waals surface area contributed by atoms with Crippen molar-refractivity contribution in [2.24, 2.45) is 5.73 Å². The minimum Gasteiger partial charge on any atom is -0.338 e. The van der Waals surface area contributed by atoms with Gasteiger partial charge in [-0.1, -0.05) is 24.3 Å². The predicted molar refractivity (Wildman–Crippen MR) is 62.9 cm³/mol. The summed E-state index contributed by atoms with van der Waals surface area (Å²) in [5.41, 5.74) is 7.85. The van der Waals surface area contributed by atoms with Crippen LogP contribution in [0.2, 0.25) is 0 Å². The molecule has 1 aromatic carbocycles. The van der Waals surface area contributed by atoms with Gasteiger partial charge in [0.25, 0.3) is 0 Å². The Bertz CT molecular complexity index is 374. The first-order valence-corrected chi connectivity index (χ1v) is 5.52. The van der Waals surface area contributed by atoms with Crippen LogP contribution in [-0.4, -0.2) is 24.5 Å². The molecule has 1 atom stereocenters. The summed E-state index contributed by atoms with van der Waals surface area (Å²) >= 11 is 0. The third-order valence-corrected chi connectivity index (χ3v) is 3.08. The lowest BCUT2D eigenvalue weighted by Crippen LogP contribution is -2.45. The zero-order chi connectivity index (χ0) is 11.5. The minimum atomic E-state index is -0.000786. The van der Waals surface area contributed by atoms with Crippen LogP contribution < -0.4 is 11.1 Å². The maximum absolute atomic E-state index is 11.5. The largest absolute Gasteiger partial charge is 0.338 e. The molecule has 1 aromatic rings. The number of nitrogens with two attached hydrogens (primary N) is 1. The van der Waals surface area contributed by atoms with E-state index < -0.39 is 0 Å². The first kappa shape index (κ1) is 11.0. The van der Waals surface area contributed by atoms with Crippen molar-refractivity contribution in [2.75, 3.05) is 13.6 Å². The Labute approximate surface area is 95.4 Å². The van der Waals surface area contributed by atoms with E-state index in [4.69, 9.17) is 5.73 Å². The Morgan fingerprint density at radius 2 is 2.12 bits per heavy atom. The molecule has 0 aliphatic carbocycles. The summed E-state index contributed by atoms with van der Waals surface area (Å²) in [5, 5.41) is 2.82. The second kappa shape index (κ2) is 4.53. The molecule has 1 saturated heterocycles. The van der Waals surface area contributed by atoms with Gasteiger partial charge in [-0.15, -0.1) is 0 Å². The molecule has 0 aromatic heterocycles. The first-order valence-electron chi connectivity index (χ1n) is 5.52. The van der Waals surface area contributed by atoms with E-state index in [1.165, 1.54) is 5.56 Å². The highest BCUT2D eigenvalue weighted by Gasteiger charge is 2.25. The summed E-state index contributed by atoms with van der Waals surface area (Å²) < 4.78 is 0. The second-order valence-electron chi connectivity index (χ2n) is 4.09. The number of nitrogens with zero attached hydrogens (tertiary/aromatic N) is 1. The molecule has 0 spiro atoms. The van der Waals surface area contributed by atoms with Crippen LogP contribution in [0.3, 0.4) is 0 Å². The number of rotatable bonds is 2. The molecule has 2 rings (SSSR count). The first-order chi connectivity index (χ1) is 7.72. The molecule has 0 radical (unpaired) electrons. The monoisotopic (exact) mass is 219 g/mol. The highest BCUT2D eigenvalue weighted by molar-refractivity contribution is 5.75. The van der Waals surface area contributed by atoms with Crippen molar-refractivity contribution < 1.29 is 4.79 Å². The standard InChI is InChI=1S/C12H17N3O/c1-15-11(6-7-14-12(15)16)10-4-2-9(8-13)3-5-10/h2-5,11H,6-8,13H2,1H3,(H,14,16). The van der Waals surface area contributed by atoms with E-state index in [2.05, 4.69) is 17.4 Å². The van der Waals surface area contributed by atoms with Crippen LogP contribution in [0.1, 0.15) is 23.6 Å². The van der Waals surface area contributed by atoms with Gasteiger partial charge in [-0.05, 0) is 17.5 Å². The van der Waals surface area contributed by atoms with E-state index in [1.807, 2.05) is 19.2 Å². The molecular weight excluding hydrogens is 202 g/mol. The summed E-state index contributed by atoms with van der Waals surface area (Å²) in [7, 11) is 1.83. The van der Waals surface area contributed by atoms with Crippen LogP contribution in [0.5, 0.6) is 0 Å². The van der Waals surface area contributed by atoms with Gasteiger partial charge in [0, 0.05) is 20.1 Å². The van der Waals surface area contributed by atoms with Gasteiger partial charge in [0.2, 0.25) is 0 Å². The van der Waals surface area contributed by atoms with E-state index in [9.17, 15) is 4.79 Å². The average molecular weight is 219 g/mol. The van der Waals surface area contributed by atoms with E-state index in [0.717, 1.165) is 18.5 Å². The summed E-state index contributed by atoms with van der Waals surface area (Å²) in [5.74, 6) is 0. The number of carbonyl (C=O) groups excluding carboxylic acids is 1. The molecule has 0 saturated carbocycles. The summed E-state index contributed by atoms with van der Waals surface area (Å²) in [6, 6.07) is 8.34. The highest BCUT2D eigenvalue weighted by atomic mass is 16.2. The van der Waals surface area contributed by atoms with E-state index in [0.29, 0.717) is 6.54 Å². The van der Waals surface area contributed by atoms with Crippen molar-refractivity contribution in [1.29, 1.82) is 0 Å². The molecule has 1 aliphatic heterocycles. The fourth-order valence-electron chi connectivity index (χ4n) is 2.04. The summed E-state index contributed by atoms with van der Waals surface area (Å²) in [6.07, 6.45) is 0.949. The van der Waals surface area contributed by atoms with Gasteiger partial charge >= 0.3 is 6.03 Å². The maximum atomic E-state index is 11.5. The van der Waals surface area contributed by atoms with Crippen molar-refractivity contribution in [3.8, 4) is 0 Å². The SMILES string of the molecule is CN1C(=O)NCCC1c1ccc(CN)cc1. The number of carbonyl (C=O) groups is 1. The Balaban J connectivity index is 2.19. The zero-order valence-corrected chi connectivity index (χ0v) is 9.44. The smallest absolute Gasteiger partial charge is 0.317 e. The fourth-order valence-corrected chi connectivity index (χ4v) is 2.04. The third kappa shape index (κ3) is 2.02. The quantitative estimate of drug-likeness (QED) is 0.786. The Morgan fingerprint density at radius 3 is 2.75 bits per heavy atom. The number of urea groups is 1. The summed E-state index contributed by atoms with van der Waals surface area (Å²) in [4.78, 5) is 13.2. The molecule has 1 fully saturated rings. The topological polar surface area (TPSA) is 58.4 Å². The van der Waals surface area contributed by atoms with Gasteiger partial charge in [-0.3, -0.25) is 0 Å². The van der Waals surface area contributed by atoms with Gasteiger partial charge in [-0.25, -0.2) is 4.79 Å². The number of hydrogen-bond donors (Lipinski definition) is 2. The lowest BCUT2D eigenvalue weighted by Gasteiger charge is -2.33. The van der Waals surface area contributed by atoms with Crippen molar-refractivity contribution >= 4 is 6.03 Å². The third-order valence-electron chi connectivity index (χ3n) is 3.08. The average Bonchev–Trinajstić information content (AvgIpc) is 2.33. The van der Waals surface area contributed by atoms with E-state index >= 15 is 0 Å². The molecule has 1 heterocycles. The van der Waals surface area contributed by atoms with Crippen LogP contribution in [0.4, 0.5) is 4.79 Å². The van der Waals surface area contributed by atoms with E-state index in [-0.39, 0.29) is 12.1 Å². The molecule has 2 amide bonds. The molecule has 16 heavy (non-hydrogen) atoms. The molecule has 0 bridgehead atoms. The maximum Gasteiger partial charge on any atom is 0.317 e. The second-order valence-corrected chi connectivity index (χ2v) is 4.09. The number of benzene rings is 1. The van der Waals surface area contributed by atoms with E-state index in [1.54, 1.807) is 4.90 Å². The zero-order valence-electron chi connectivity index (χ0n) is 9.44. The Kier molecular flexibility index (Phi) is 3.10. The molecule has 86 valence electrons. The van der Waals surface area contributed by atoms with Crippen molar-refractivity contribution in [3.63, 3.8) is 0 Å². The van der Waals surface area contributed by atoms with Gasteiger partial charge in [-0.2, -0.15) is 0 Å². The molecular formula is C12H17N3O. The van der Waals surface area contributed by atoms with Crippen LogP contribution >= 0.6 is 0 Å². The molecule has 4 nitrogen and oxygen atoms in total. The lowest BCUT2D eigenvalue weighted by atomic mass is 10.00. The highest BCUT2D eigenvalue weighted by Crippen LogP contribution is 2.25. The Morgan fingerprint density at radius 1 is 1.44 bits per heavy atom. The van der Waals surface area contributed by atoms with Crippen molar-refractivity contribution in [3.05, 3.63) is 35.4 Å². The van der Waals surface area contributed by atoms with Crippen molar-refractivity contribution in [2.45, 2.75) is 19.0 Å². The summed E-state index contributed by atoms with van der Waals surface area (Å²) in [6.45, 7) is 1.30. The minimum absolute atomic E-state index is 0.000786. The lowest BCUT2D eigenvalue weighted by molar-refractivity contribution is 0.172. The van der Waals surface area contributed by atoms with Crippen molar-refractivity contribution in [1.82, 2.24) is 10.2 Å². The van der Waals surface area contributed by atoms with Crippen LogP contribution in [0.15, 0.2) is 24.3 Å². The molecule has 3 N–H and O–H groups in total. The molecule has 1 aliphatic rings. The number of amides is 2. The normalized spacial score (nSPS) is 20.8. The van der Waals surface area contributed by atoms with Crippen LogP contribution in [0.25, 0.3) is 0 Å². The number of hydrogen-bond acceptors (Lipinski definition) is 2. The van der Waals surface area contributed by atoms with Gasteiger partial charge in [0.05, 0.1) is 6.04 Å². The van der Waals surface area contributed by atoms with Crippen LogP contribution in [0, 0.1) is 0 Å². The fraction of sp³-hybridized carbons (Fsp3) is 0.417. The molecule has 4 heteroatoms. The van der Waals surface area contributed by atoms with Crippen LogP contribution in [-0.2, 0) is 6.54 Å². The van der Waals surface area contributed by atoms with Gasteiger partial charge in [0.1, 0.15) is 0 Å². The van der Waals surface area contributed by atoms with Gasteiger partial charge in [0.15, 0.2) is 0 Å². The predicted octanol–water partition coefficient (Wildman–Crippen LogP) is 1.23.